The zero-order chi connectivity index (χ0) is 15.9. The minimum Gasteiger partial charge on any atom is -0.480 e. The lowest BCUT2D eigenvalue weighted by Gasteiger charge is -2.08. The van der Waals surface area contributed by atoms with E-state index in [1.54, 1.807) is 24.3 Å². The van der Waals surface area contributed by atoms with E-state index in [0.717, 1.165) is 4.57 Å². The largest absolute Gasteiger partial charge is 0.480 e. The maximum Gasteiger partial charge on any atom is 0.323 e. The number of aromatic nitrogens is 1. The number of carboxylic acid groups (broad SMARTS) is 1. The number of anilines is 1. The van der Waals surface area contributed by atoms with Crippen LogP contribution in [0.25, 0.3) is 0 Å². The summed E-state index contributed by atoms with van der Waals surface area (Å²) in [6.45, 7) is -0.812. The second-order valence-corrected chi connectivity index (χ2v) is 4.40. The fraction of sp³-hybridized carbons (Fsp3) is 0.133. The van der Waals surface area contributed by atoms with Gasteiger partial charge in [-0.1, -0.05) is 18.2 Å². The molecule has 0 unspecified atom stereocenters. The summed E-state index contributed by atoms with van der Waals surface area (Å²) in [6, 6.07) is 11.7. The molecule has 0 atom stereocenters. The number of amides is 1. The fourth-order valence-electron chi connectivity index (χ4n) is 1.76. The number of carboxylic acids is 1. The van der Waals surface area contributed by atoms with Gasteiger partial charge < -0.3 is 19.7 Å². The second kappa shape index (κ2) is 7.07. The van der Waals surface area contributed by atoms with Crippen LogP contribution in [0.2, 0.25) is 0 Å². The summed E-state index contributed by atoms with van der Waals surface area (Å²) in [7, 11) is 0. The van der Waals surface area contributed by atoms with Crippen LogP contribution in [-0.4, -0.2) is 28.2 Å². The summed E-state index contributed by atoms with van der Waals surface area (Å²) in [5.74, 6) is -1.63. The van der Waals surface area contributed by atoms with Crippen molar-refractivity contribution < 1.29 is 19.4 Å². The Morgan fingerprint density at radius 1 is 1.14 bits per heavy atom. The number of para-hydroxylation sites is 1. The maximum absolute atomic E-state index is 11.9. The molecule has 2 N–H and O–H groups in total. The Morgan fingerprint density at radius 3 is 2.55 bits per heavy atom. The van der Waals surface area contributed by atoms with E-state index in [-0.39, 0.29) is 12.4 Å². The van der Waals surface area contributed by atoms with Crippen molar-refractivity contribution >= 4 is 17.6 Å². The quantitative estimate of drug-likeness (QED) is 0.828. The first-order valence-electron chi connectivity index (χ1n) is 6.45. The molecule has 2 aromatic rings. The highest BCUT2D eigenvalue weighted by Gasteiger charge is 2.09. The van der Waals surface area contributed by atoms with Crippen molar-refractivity contribution in [3.05, 3.63) is 59.0 Å². The number of hydrogen-bond acceptors (Lipinski definition) is 4. The molecule has 1 amide bonds. The average molecular weight is 302 g/mol. The Labute approximate surface area is 125 Å². The van der Waals surface area contributed by atoms with E-state index in [0.29, 0.717) is 5.69 Å². The van der Waals surface area contributed by atoms with Crippen molar-refractivity contribution in [2.45, 2.75) is 6.54 Å². The highest BCUT2D eigenvalue weighted by atomic mass is 16.5. The van der Waals surface area contributed by atoms with Gasteiger partial charge in [0.05, 0.1) is 0 Å². The molecule has 7 heteroatoms. The Morgan fingerprint density at radius 2 is 1.86 bits per heavy atom. The van der Waals surface area contributed by atoms with Gasteiger partial charge >= 0.3 is 5.97 Å². The highest BCUT2D eigenvalue weighted by Crippen LogP contribution is 2.06. The summed E-state index contributed by atoms with van der Waals surface area (Å²) < 4.78 is 6.15. The van der Waals surface area contributed by atoms with Crippen LogP contribution in [0.5, 0.6) is 5.75 Å². The molecule has 0 spiro atoms. The molecule has 2 rings (SSSR count). The van der Waals surface area contributed by atoms with E-state index < -0.39 is 24.0 Å². The molecular weight excluding hydrogens is 288 g/mol. The first kappa shape index (κ1) is 15.3. The van der Waals surface area contributed by atoms with Crippen molar-refractivity contribution in [2.24, 2.45) is 0 Å². The number of nitrogens with one attached hydrogen (secondary N) is 1. The molecule has 114 valence electrons. The number of benzene rings is 1. The fourth-order valence-corrected chi connectivity index (χ4v) is 1.76. The Balaban J connectivity index is 1.98. The van der Waals surface area contributed by atoms with Gasteiger partial charge in [0.2, 0.25) is 0 Å². The van der Waals surface area contributed by atoms with Gasteiger partial charge in [0, 0.05) is 11.9 Å². The van der Waals surface area contributed by atoms with Gasteiger partial charge in [0.15, 0.2) is 12.4 Å². The molecule has 1 aromatic carbocycles. The lowest BCUT2D eigenvalue weighted by molar-refractivity contribution is -0.137. The lowest BCUT2D eigenvalue weighted by Crippen LogP contribution is -2.27. The van der Waals surface area contributed by atoms with Crippen LogP contribution in [0.4, 0.5) is 5.69 Å². The van der Waals surface area contributed by atoms with Crippen LogP contribution in [-0.2, 0) is 16.1 Å². The molecule has 0 saturated heterocycles. The summed E-state index contributed by atoms with van der Waals surface area (Å²) in [4.78, 5) is 34.3. The zero-order valence-corrected chi connectivity index (χ0v) is 11.6. The molecule has 1 heterocycles. The van der Waals surface area contributed by atoms with E-state index in [1.165, 1.54) is 18.3 Å². The number of aliphatic carboxylic acids is 1. The van der Waals surface area contributed by atoms with Crippen molar-refractivity contribution in [1.29, 1.82) is 0 Å². The smallest absolute Gasteiger partial charge is 0.323 e. The van der Waals surface area contributed by atoms with Crippen LogP contribution >= 0.6 is 0 Å². The van der Waals surface area contributed by atoms with Gasteiger partial charge in [-0.2, -0.15) is 0 Å². The number of carbonyl (C=O) groups excluding carboxylic acids is 1. The van der Waals surface area contributed by atoms with E-state index in [4.69, 9.17) is 9.84 Å². The first-order valence-corrected chi connectivity index (χ1v) is 6.45. The van der Waals surface area contributed by atoms with Crippen LogP contribution in [0.3, 0.4) is 0 Å². The topological polar surface area (TPSA) is 97.6 Å². The van der Waals surface area contributed by atoms with Gasteiger partial charge in [-0.25, -0.2) is 0 Å². The monoisotopic (exact) mass is 302 g/mol. The number of carbonyl (C=O) groups is 2. The van der Waals surface area contributed by atoms with Crippen LogP contribution in [0, 0.1) is 0 Å². The van der Waals surface area contributed by atoms with Gasteiger partial charge in [-0.05, 0) is 24.3 Å². The van der Waals surface area contributed by atoms with E-state index >= 15 is 0 Å². The lowest BCUT2D eigenvalue weighted by atomic mass is 10.3. The van der Waals surface area contributed by atoms with Crippen LogP contribution < -0.4 is 15.6 Å². The van der Waals surface area contributed by atoms with Gasteiger partial charge in [0.1, 0.15) is 6.54 Å². The minimum absolute atomic E-state index is 0.0769. The molecule has 0 aliphatic rings. The minimum atomic E-state index is -1.14. The third-order valence-electron chi connectivity index (χ3n) is 2.71. The van der Waals surface area contributed by atoms with E-state index in [9.17, 15) is 14.4 Å². The summed E-state index contributed by atoms with van der Waals surface area (Å²) in [6.07, 6.45) is 1.34. The highest BCUT2D eigenvalue weighted by molar-refractivity contribution is 5.91. The summed E-state index contributed by atoms with van der Waals surface area (Å²) >= 11 is 0. The average Bonchev–Trinajstić information content (AvgIpc) is 2.49. The molecule has 1 aromatic heterocycles. The van der Waals surface area contributed by atoms with Crippen molar-refractivity contribution in [3.63, 3.8) is 0 Å². The van der Waals surface area contributed by atoms with Crippen molar-refractivity contribution in [2.75, 3.05) is 11.9 Å². The second-order valence-electron chi connectivity index (χ2n) is 4.40. The number of hydrogen-bond donors (Lipinski definition) is 2. The van der Waals surface area contributed by atoms with Crippen LogP contribution in [0.15, 0.2) is 53.5 Å². The predicted octanol–water partition coefficient (Wildman–Crippen LogP) is 0.950. The molecular formula is C15H14N2O5. The predicted molar refractivity (Wildman–Crippen MR) is 78.9 cm³/mol. The van der Waals surface area contributed by atoms with Gasteiger partial charge in [0.25, 0.3) is 11.5 Å². The SMILES string of the molecule is O=C(O)Cn1cccc(OCC(=O)Nc2ccccc2)c1=O. The Hall–Kier alpha value is -3.09. The maximum atomic E-state index is 11.9. The van der Waals surface area contributed by atoms with Crippen molar-refractivity contribution in [3.8, 4) is 5.75 Å². The van der Waals surface area contributed by atoms with Gasteiger partial charge in [-0.3, -0.25) is 14.4 Å². The van der Waals surface area contributed by atoms with Gasteiger partial charge in [-0.15, -0.1) is 0 Å². The standard InChI is InChI=1S/C15H14N2O5/c18-13(16-11-5-2-1-3-6-11)10-22-12-7-4-8-17(15(12)21)9-14(19)20/h1-8H,9-10H2,(H,16,18)(H,19,20). The Kier molecular flexibility index (Phi) is 4.92. The summed E-state index contributed by atoms with van der Waals surface area (Å²) in [5.41, 5.74) is 0.0184. The zero-order valence-electron chi connectivity index (χ0n) is 11.6. The van der Waals surface area contributed by atoms with Crippen LogP contribution in [0.1, 0.15) is 0 Å². The molecule has 0 saturated carbocycles. The van der Waals surface area contributed by atoms with Crippen molar-refractivity contribution in [1.82, 2.24) is 4.57 Å². The number of ether oxygens (including phenoxy) is 1. The van der Waals surface area contributed by atoms with E-state index in [2.05, 4.69) is 5.32 Å². The molecule has 22 heavy (non-hydrogen) atoms. The molecule has 0 aliphatic carbocycles. The first-order chi connectivity index (χ1) is 10.6. The number of rotatable bonds is 6. The molecule has 0 fully saturated rings. The molecule has 0 radical (unpaired) electrons. The third-order valence-corrected chi connectivity index (χ3v) is 2.71. The number of pyridine rings is 1. The number of nitrogens with zero attached hydrogens (tertiary/aromatic N) is 1. The summed E-state index contributed by atoms with van der Waals surface area (Å²) in [5, 5.41) is 11.3. The van der Waals surface area contributed by atoms with E-state index in [1.807, 2.05) is 6.07 Å². The molecule has 7 nitrogen and oxygen atoms in total. The Bertz CT molecular complexity index is 724. The molecule has 0 aliphatic heterocycles. The third kappa shape index (κ3) is 4.20. The molecule has 0 bridgehead atoms. The normalized spacial score (nSPS) is 10.0.